The molecule has 34 heavy (non-hydrogen) atoms. The molecule has 0 spiro atoms. The summed E-state index contributed by atoms with van der Waals surface area (Å²) in [5, 5.41) is 3.13. The topological polar surface area (TPSA) is 83.9 Å². The summed E-state index contributed by atoms with van der Waals surface area (Å²) in [5.41, 5.74) is -0.175. The van der Waals surface area contributed by atoms with Crippen LogP contribution in [-0.4, -0.2) is 48.9 Å². The van der Waals surface area contributed by atoms with E-state index in [1.807, 2.05) is 0 Å². The monoisotopic (exact) mass is 472 g/mol. The Morgan fingerprint density at radius 3 is 2.53 bits per heavy atom. The van der Waals surface area contributed by atoms with Crippen LogP contribution in [0.1, 0.15) is 40.9 Å². The van der Waals surface area contributed by atoms with Crippen LogP contribution in [0, 0.1) is 12.7 Å². The molecule has 0 aliphatic carbocycles. The summed E-state index contributed by atoms with van der Waals surface area (Å²) in [6.07, 6.45) is 2.25. The molecule has 2 aromatic heterocycles. The van der Waals surface area contributed by atoms with E-state index in [4.69, 9.17) is 0 Å². The molecule has 0 saturated carbocycles. The molecule has 7 nitrogen and oxygen atoms in total. The van der Waals surface area contributed by atoms with E-state index in [0.29, 0.717) is 24.6 Å². The third-order valence-electron chi connectivity index (χ3n) is 6.41. The van der Waals surface area contributed by atoms with Crippen molar-refractivity contribution >= 4 is 11.7 Å². The van der Waals surface area contributed by atoms with E-state index in [1.54, 1.807) is 24.0 Å². The zero-order valence-corrected chi connectivity index (χ0v) is 18.1. The lowest BCUT2D eigenvalue weighted by atomic mass is 9.95. The van der Waals surface area contributed by atoms with Crippen molar-refractivity contribution in [3.05, 3.63) is 65.6 Å². The van der Waals surface area contributed by atoms with Gasteiger partial charge in [-0.15, -0.1) is 0 Å². The number of aryl methyl sites for hydroxylation is 1. The molecule has 0 radical (unpaired) electrons. The fourth-order valence-electron chi connectivity index (χ4n) is 4.93. The van der Waals surface area contributed by atoms with Crippen LogP contribution >= 0.6 is 0 Å². The Kier molecular flexibility index (Phi) is 5.41. The van der Waals surface area contributed by atoms with E-state index < -0.39 is 17.7 Å². The van der Waals surface area contributed by atoms with Gasteiger partial charge in [-0.2, -0.15) is 13.2 Å². The van der Waals surface area contributed by atoms with Crippen LogP contribution in [0.3, 0.4) is 0 Å². The molecule has 2 aliphatic rings. The number of amides is 1. The van der Waals surface area contributed by atoms with Crippen molar-refractivity contribution in [1.29, 1.82) is 0 Å². The summed E-state index contributed by atoms with van der Waals surface area (Å²) in [7, 11) is 0. The quantitative estimate of drug-likeness (QED) is 0.572. The molecule has 5 rings (SSSR count). The fourth-order valence-corrected chi connectivity index (χ4v) is 4.93. The lowest BCUT2D eigenvalue weighted by Crippen LogP contribution is -2.40. The van der Waals surface area contributed by atoms with Crippen molar-refractivity contribution in [2.75, 3.05) is 5.32 Å². The molecule has 3 aromatic rings. The second kappa shape index (κ2) is 8.30. The van der Waals surface area contributed by atoms with Gasteiger partial charge in [0.05, 0.1) is 35.6 Å². The smallest absolute Gasteiger partial charge is 0.364 e. The summed E-state index contributed by atoms with van der Waals surface area (Å²) in [6.45, 7) is 1.74. The average Bonchev–Trinajstić information content (AvgIpc) is 3.38. The van der Waals surface area contributed by atoms with Crippen LogP contribution in [0.2, 0.25) is 0 Å². The molecule has 2 bridgehead atoms. The highest BCUT2D eigenvalue weighted by Gasteiger charge is 2.49. The Bertz CT molecular complexity index is 1220. The maximum Gasteiger partial charge on any atom is 0.434 e. The molecule has 11 heteroatoms. The number of aromatic nitrogens is 4. The van der Waals surface area contributed by atoms with Gasteiger partial charge in [0.25, 0.3) is 5.91 Å². The summed E-state index contributed by atoms with van der Waals surface area (Å²) < 4.78 is 53.2. The van der Waals surface area contributed by atoms with Crippen molar-refractivity contribution in [1.82, 2.24) is 24.8 Å². The molecule has 2 fully saturated rings. The predicted octanol–water partition coefficient (Wildman–Crippen LogP) is 4.26. The van der Waals surface area contributed by atoms with Crippen LogP contribution in [0.25, 0.3) is 11.4 Å². The Morgan fingerprint density at radius 2 is 1.85 bits per heavy atom. The first-order valence-electron chi connectivity index (χ1n) is 10.8. The van der Waals surface area contributed by atoms with E-state index in [1.165, 1.54) is 18.5 Å². The zero-order valence-electron chi connectivity index (χ0n) is 18.1. The van der Waals surface area contributed by atoms with Crippen molar-refractivity contribution in [3.63, 3.8) is 0 Å². The standard InChI is InChI=1S/C23H20F4N6O/c1-12-3-5-14(24)20(21-28-7-2-8-29-21)19(12)22(34)33-13-4-6-16(33)15(9-13)32-18-11-30-17(10-31-18)23(25,26)27/h2-3,5,7-8,10-11,13,15-16H,4,6,9H2,1H3,(H,31,32)/t13-,15-,16+/m1/s1. The number of nitrogens with one attached hydrogen (secondary N) is 1. The lowest BCUT2D eigenvalue weighted by molar-refractivity contribution is -0.141. The predicted molar refractivity (Wildman–Crippen MR) is 114 cm³/mol. The molecule has 1 N–H and O–H groups in total. The lowest BCUT2D eigenvalue weighted by Gasteiger charge is -2.26. The number of hydrogen-bond acceptors (Lipinski definition) is 6. The number of nitrogens with zero attached hydrogens (tertiary/aromatic N) is 5. The number of fused-ring (bicyclic) bond motifs is 2. The molecular formula is C23H20F4N6O. The van der Waals surface area contributed by atoms with E-state index in [9.17, 15) is 22.4 Å². The van der Waals surface area contributed by atoms with Gasteiger partial charge in [-0.1, -0.05) is 6.07 Å². The highest BCUT2D eigenvalue weighted by Crippen LogP contribution is 2.41. The maximum absolute atomic E-state index is 14.9. The van der Waals surface area contributed by atoms with Gasteiger partial charge in [0.2, 0.25) is 0 Å². The van der Waals surface area contributed by atoms with Crippen molar-refractivity contribution in [2.24, 2.45) is 0 Å². The summed E-state index contributed by atoms with van der Waals surface area (Å²) in [4.78, 5) is 31.1. The molecule has 2 aliphatic heterocycles. The number of carbonyl (C=O) groups is 1. The highest BCUT2D eigenvalue weighted by molar-refractivity contribution is 6.02. The number of hydrogen-bond donors (Lipinski definition) is 1. The molecule has 1 aromatic carbocycles. The van der Waals surface area contributed by atoms with Crippen LogP contribution in [0.15, 0.2) is 43.0 Å². The normalized spacial score (nSPS) is 21.7. The molecule has 176 valence electrons. The molecule has 1 amide bonds. The Labute approximate surface area is 192 Å². The fraction of sp³-hybridized carbons (Fsp3) is 0.348. The Balaban J connectivity index is 1.42. The van der Waals surface area contributed by atoms with Gasteiger partial charge in [-0.05, 0) is 43.9 Å². The van der Waals surface area contributed by atoms with Crippen molar-refractivity contribution in [2.45, 2.75) is 50.5 Å². The summed E-state index contributed by atoms with van der Waals surface area (Å²) in [6, 6.07) is 3.96. The second-order valence-electron chi connectivity index (χ2n) is 8.47. The minimum absolute atomic E-state index is 0.0648. The Hall–Kier alpha value is -3.63. The third kappa shape index (κ3) is 3.84. The first-order valence-corrected chi connectivity index (χ1v) is 10.8. The molecule has 3 atom stereocenters. The van der Waals surface area contributed by atoms with Crippen LogP contribution in [-0.2, 0) is 6.18 Å². The second-order valence-corrected chi connectivity index (χ2v) is 8.47. The summed E-state index contributed by atoms with van der Waals surface area (Å²) >= 11 is 0. The average molecular weight is 472 g/mol. The number of anilines is 1. The Morgan fingerprint density at radius 1 is 1.09 bits per heavy atom. The molecular weight excluding hydrogens is 452 g/mol. The van der Waals surface area contributed by atoms with Gasteiger partial charge in [-0.25, -0.2) is 24.3 Å². The third-order valence-corrected chi connectivity index (χ3v) is 6.41. The number of carbonyl (C=O) groups excluding carboxylic acids is 1. The van der Waals surface area contributed by atoms with Gasteiger partial charge in [-0.3, -0.25) is 4.79 Å². The minimum Gasteiger partial charge on any atom is -0.364 e. The van der Waals surface area contributed by atoms with E-state index in [2.05, 4.69) is 25.3 Å². The molecule has 0 unspecified atom stereocenters. The van der Waals surface area contributed by atoms with Crippen LogP contribution in [0.4, 0.5) is 23.4 Å². The minimum atomic E-state index is -4.57. The summed E-state index contributed by atoms with van der Waals surface area (Å²) in [5.74, 6) is -0.553. The number of alkyl halides is 3. The number of benzene rings is 1. The first kappa shape index (κ1) is 22.2. The van der Waals surface area contributed by atoms with Crippen molar-refractivity contribution < 1.29 is 22.4 Å². The zero-order chi connectivity index (χ0) is 24.0. The van der Waals surface area contributed by atoms with Gasteiger partial charge >= 0.3 is 6.18 Å². The van der Waals surface area contributed by atoms with E-state index >= 15 is 0 Å². The number of halogens is 4. The van der Waals surface area contributed by atoms with E-state index in [0.717, 1.165) is 12.6 Å². The first-order chi connectivity index (χ1) is 16.2. The number of rotatable bonds is 4. The largest absolute Gasteiger partial charge is 0.434 e. The van der Waals surface area contributed by atoms with E-state index in [-0.39, 0.29) is 46.8 Å². The van der Waals surface area contributed by atoms with Gasteiger partial charge in [0.1, 0.15) is 11.6 Å². The molecule has 4 heterocycles. The van der Waals surface area contributed by atoms with Gasteiger partial charge in [0.15, 0.2) is 11.5 Å². The van der Waals surface area contributed by atoms with Crippen LogP contribution in [0.5, 0.6) is 0 Å². The van der Waals surface area contributed by atoms with Crippen molar-refractivity contribution in [3.8, 4) is 11.4 Å². The van der Waals surface area contributed by atoms with Crippen LogP contribution < -0.4 is 5.32 Å². The SMILES string of the molecule is Cc1ccc(F)c(-c2ncccn2)c1C(=O)N1[C@@H]2CC[C@H]1[C@H](Nc1cnc(C(F)(F)F)cn1)C2. The highest BCUT2D eigenvalue weighted by atomic mass is 19.4. The maximum atomic E-state index is 14.9. The van der Waals surface area contributed by atoms with Gasteiger partial charge < -0.3 is 10.2 Å². The van der Waals surface area contributed by atoms with Gasteiger partial charge in [0, 0.05) is 18.4 Å². The molecule has 2 saturated heterocycles.